The fourth-order valence-electron chi connectivity index (χ4n) is 4.19. The Kier molecular flexibility index (Phi) is 6.37. The zero-order valence-corrected chi connectivity index (χ0v) is 16.8. The van der Waals surface area contributed by atoms with E-state index in [4.69, 9.17) is 0 Å². The molecule has 0 spiro atoms. The van der Waals surface area contributed by atoms with Crippen molar-refractivity contribution in [3.8, 4) is 0 Å². The summed E-state index contributed by atoms with van der Waals surface area (Å²) in [5, 5.41) is 2.96. The standard InChI is InChI=1S/C21H32N4O2/c1-16-5-4-6-19(12-16)22-21(27)24-9-7-23(8-10-24)15-20(26)25-13-17(2)11-18(3)14-25/h4-6,12,17-18H,7-11,13-15H2,1-3H3,(H,22,27)/t17-,18-/m1/s1. The maximum absolute atomic E-state index is 12.6. The number of rotatable bonds is 3. The highest BCUT2D eigenvalue weighted by Crippen LogP contribution is 2.21. The lowest BCUT2D eigenvalue weighted by atomic mass is 9.92. The van der Waals surface area contributed by atoms with E-state index in [1.807, 2.05) is 41.0 Å². The Morgan fingerprint density at radius 2 is 1.70 bits per heavy atom. The lowest BCUT2D eigenvalue weighted by molar-refractivity contribution is -0.135. The second kappa shape index (κ2) is 8.74. The first-order chi connectivity index (χ1) is 12.9. The molecule has 6 heteroatoms. The predicted molar refractivity (Wildman–Crippen MR) is 108 cm³/mol. The largest absolute Gasteiger partial charge is 0.341 e. The van der Waals surface area contributed by atoms with E-state index in [1.165, 1.54) is 6.42 Å². The molecule has 0 saturated carbocycles. The molecule has 0 unspecified atom stereocenters. The van der Waals surface area contributed by atoms with Crippen LogP contribution in [0.3, 0.4) is 0 Å². The minimum absolute atomic E-state index is 0.0646. The molecule has 0 aliphatic carbocycles. The first-order valence-corrected chi connectivity index (χ1v) is 10.0. The summed E-state index contributed by atoms with van der Waals surface area (Å²) in [6.45, 7) is 11.5. The third kappa shape index (κ3) is 5.45. The number of amides is 3. The Labute approximate surface area is 162 Å². The molecule has 0 radical (unpaired) electrons. The van der Waals surface area contributed by atoms with Gasteiger partial charge in [-0.1, -0.05) is 26.0 Å². The van der Waals surface area contributed by atoms with Crippen LogP contribution in [0.25, 0.3) is 0 Å². The molecule has 2 aliphatic heterocycles. The van der Waals surface area contributed by atoms with Crippen molar-refractivity contribution in [2.24, 2.45) is 11.8 Å². The number of carbonyl (C=O) groups excluding carboxylic acids is 2. The van der Waals surface area contributed by atoms with Crippen LogP contribution in [-0.4, -0.2) is 72.5 Å². The molecule has 2 saturated heterocycles. The molecule has 2 aliphatic rings. The van der Waals surface area contributed by atoms with Gasteiger partial charge in [0.2, 0.25) is 5.91 Å². The molecule has 1 aromatic carbocycles. The van der Waals surface area contributed by atoms with Crippen LogP contribution >= 0.6 is 0 Å². The number of nitrogens with zero attached hydrogens (tertiary/aromatic N) is 3. The summed E-state index contributed by atoms with van der Waals surface area (Å²) in [7, 11) is 0. The summed E-state index contributed by atoms with van der Waals surface area (Å²) in [6.07, 6.45) is 1.21. The highest BCUT2D eigenvalue weighted by Gasteiger charge is 2.28. The van der Waals surface area contributed by atoms with Crippen molar-refractivity contribution in [1.29, 1.82) is 0 Å². The lowest BCUT2D eigenvalue weighted by Gasteiger charge is -2.38. The van der Waals surface area contributed by atoms with Gasteiger partial charge in [0, 0.05) is 45.0 Å². The van der Waals surface area contributed by atoms with Crippen molar-refractivity contribution >= 4 is 17.6 Å². The Hall–Kier alpha value is -2.08. The topological polar surface area (TPSA) is 55.9 Å². The molecule has 27 heavy (non-hydrogen) atoms. The molecular formula is C21H32N4O2. The van der Waals surface area contributed by atoms with Gasteiger partial charge in [0.25, 0.3) is 0 Å². The van der Waals surface area contributed by atoms with E-state index < -0.39 is 0 Å². The van der Waals surface area contributed by atoms with Crippen LogP contribution in [0, 0.1) is 18.8 Å². The van der Waals surface area contributed by atoms with E-state index in [9.17, 15) is 9.59 Å². The summed E-state index contributed by atoms with van der Waals surface area (Å²) in [5.41, 5.74) is 1.95. The summed E-state index contributed by atoms with van der Waals surface area (Å²) in [6, 6.07) is 7.75. The predicted octanol–water partition coefficient (Wildman–Crippen LogP) is 2.65. The van der Waals surface area contributed by atoms with Crippen molar-refractivity contribution in [3.05, 3.63) is 29.8 Å². The summed E-state index contributed by atoms with van der Waals surface area (Å²) in [4.78, 5) is 31.1. The van der Waals surface area contributed by atoms with E-state index in [1.54, 1.807) is 0 Å². The van der Waals surface area contributed by atoms with Crippen LogP contribution in [0.2, 0.25) is 0 Å². The van der Waals surface area contributed by atoms with Crippen LogP contribution in [0.1, 0.15) is 25.8 Å². The van der Waals surface area contributed by atoms with Crippen molar-refractivity contribution in [1.82, 2.24) is 14.7 Å². The van der Waals surface area contributed by atoms with Gasteiger partial charge in [0.1, 0.15) is 0 Å². The molecule has 6 nitrogen and oxygen atoms in total. The number of piperidine rings is 1. The zero-order chi connectivity index (χ0) is 19.4. The summed E-state index contributed by atoms with van der Waals surface area (Å²) >= 11 is 0. The Morgan fingerprint density at radius 1 is 1.04 bits per heavy atom. The molecule has 0 aromatic heterocycles. The van der Waals surface area contributed by atoms with Gasteiger partial charge in [-0.25, -0.2) is 4.79 Å². The van der Waals surface area contributed by atoms with Gasteiger partial charge >= 0.3 is 6.03 Å². The quantitative estimate of drug-likeness (QED) is 0.887. The molecule has 2 fully saturated rings. The first kappa shape index (κ1) is 19.7. The number of carbonyl (C=O) groups is 2. The van der Waals surface area contributed by atoms with E-state index in [2.05, 4.69) is 24.1 Å². The fourth-order valence-corrected chi connectivity index (χ4v) is 4.19. The minimum Gasteiger partial charge on any atom is -0.341 e. The average molecular weight is 373 g/mol. The number of likely N-dealkylation sites (tertiary alicyclic amines) is 1. The van der Waals surface area contributed by atoms with E-state index in [-0.39, 0.29) is 11.9 Å². The second-order valence-electron chi connectivity index (χ2n) is 8.31. The molecule has 2 atom stereocenters. The van der Waals surface area contributed by atoms with Crippen LogP contribution in [-0.2, 0) is 4.79 Å². The monoisotopic (exact) mass is 372 g/mol. The minimum atomic E-state index is -0.0646. The molecule has 1 aromatic rings. The number of urea groups is 1. The third-order valence-electron chi connectivity index (χ3n) is 5.51. The molecule has 2 heterocycles. The van der Waals surface area contributed by atoms with Gasteiger partial charge in [-0.2, -0.15) is 0 Å². The number of nitrogens with one attached hydrogen (secondary N) is 1. The highest BCUT2D eigenvalue weighted by molar-refractivity contribution is 5.89. The number of anilines is 1. The third-order valence-corrected chi connectivity index (χ3v) is 5.51. The fraction of sp³-hybridized carbons (Fsp3) is 0.619. The van der Waals surface area contributed by atoms with Gasteiger partial charge in [0.15, 0.2) is 0 Å². The van der Waals surface area contributed by atoms with Gasteiger partial charge in [-0.15, -0.1) is 0 Å². The maximum Gasteiger partial charge on any atom is 0.321 e. The van der Waals surface area contributed by atoms with E-state index >= 15 is 0 Å². The van der Waals surface area contributed by atoms with Crippen molar-refractivity contribution in [2.45, 2.75) is 27.2 Å². The first-order valence-electron chi connectivity index (χ1n) is 10.0. The summed E-state index contributed by atoms with van der Waals surface area (Å²) in [5.74, 6) is 1.39. The van der Waals surface area contributed by atoms with Gasteiger partial charge in [0.05, 0.1) is 6.54 Å². The smallest absolute Gasteiger partial charge is 0.321 e. The Morgan fingerprint density at radius 3 is 2.33 bits per heavy atom. The van der Waals surface area contributed by atoms with Crippen LogP contribution in [0.15, 0.2) is 24.3 Å². The molecule has 3 rings (SSSR count). The van der Waals surface area contributed by atoms with Crippen molar-refractivity contribution in [3.63, 3.8) is 0 Å². The van der Waals surface area contributed by atoms with E-state index in [0.717, 1.165) is 37.4 Å². The number of benzene rings is 1. The highest BCUT2D eigenvalue weighted by atomic mass is 16.2. The number of piperazine rings is 1. The van der Waals surface area contributed by atoms with Gasteiger partial charge in [-0.3, -0.25) is 9.69 Å². The number of hydrogen-bond acceptors (Lipinski definition) is 3. The lowest BCUT2D eigenvalue weighted by Crippen LogP contribution is -2.53. The molecule has 3 amide bonds. The Balaban J connectivity index is 1.44. The normalized spacial score (nSPS) is 24.0. The van der Waals surface area contributed by atoms with Crippen molar-refractivity contribution in [2.75, 3.05) is 51.1 Å². The Bertz CT molecular complexity index is 660. The van der Waals surface area contributed by atoms with Crippen molar-refractivity contribution < 1.29 is 9.59 Å². The number of hydrogen-bond donors (Lipinski definition) is 1. The van der Waals surface area contributed by atoms with E-state index in [0.29, 0.717) is 31.5 Å². The average Bonchev–Trinajstić information content (AvgIpc) is 2.61. The molecule has 0 bridgehead atoms. The van der Waals surface area contributed by atoms with Gasteiger partial charge in [-0.05, 0) is 42.9 Å². The van der Waals surface area contributed by atoms with Crippen LogP contribution < -0.4 is 5.32 Å². The zero-order valence-electron chi connectivity index (χ0n) is 16.8. The van der Waals surface area contributed by atoms with Crippen LogP contribution in [0.4, 0.5) is 10.5 Å². The SMILES string of the molecule is Cc1cccc(NC(=O)N2CCN(CC(=O)N3C[C@H](C)C[C@@H](C)C3)CC2)c1. The van der Waals surface area contributed by atoms with Gasteiger partial charge < -0.3 is 15.1 Å². The molecule has 148 valence electrons. The second-order valence-corrected chi connectivity index (χ2v) is 8.31. The number of aryl methyl sites for hydroxylation is 1. The van der Waals surface area contributed by atoms with Crippen LogP contribution in [0.5, 0.6) is 0 Å². The molecule has 1 N–H and O–H groups in total. The maximum atomic E-state index is 12.6. The summed E-state index contributed by atoms with van der Waals surface area (Å²) < 4.78 is 0. The molecular weight excluding hydrogens is 340 g/mol.